The topological polar surface area (TPSA) is 24.9 Å². The van der Waals surface area contributed by atoms with E-state index >= 15 is 0 Å². The molecule has 0 aliphatic carbocycles. The molecule has 19 heavy (non-hydrogen) atoms. The van der Waals surface area contributed by atoms with Crippen LogP contribution in [0.25, 0.3) is 0 Å². The highest BCUT2D eigenvalue weighted by molar-refractivity contribution is 6.33. The van der Waals surface area contributed by atoms with Crippen LogP contribution in [0.15, 0.2) is 36.7 Å². The van der Waals surface area contributed by atoms with E-state index in [0.29, 0.717) is 16.5 Å². The second-order valence-electron chi connectivity index (χ2n) is 4.22. The van der Waals surface area contributed by atoms with Gasteiger partial charge in [0.05, 0.1) is 6.20 Å². The lowest BCUT2D eigenvalue weighted by molar-refractivity contribution is 0.572. The maximum atomic E-state index is 13.2. The van der Waals surface area contributed by atoms with Crippen LogP contribution in [0.4, 0.5) is 4.39 Å². The first kappa shape index (κ1) is 14.3. The fourth-order valence-corrected chi connectivity index (χ4v) is 2.31. The van der Waals surface area contributed by atoms with Crippen molar-refractivity contribution in [2.24, 2.45) is 0 Å². The number of hydrogen-bond donors (Lipinski definition) is 1. The molecule has 5 heteroatoms. The molecule has 0 bridgehead atoms. The molecule has 0 radical (unpaired) electrons. The Hall–Kier alpha value is -1.16. The van der Waals surface area contributed by atoms with Gasteiger partial charge in [-0.2, -0.15) is 0 Å². The molecule has 1 unspecified atom stereocenters. The number of rotatable bonds is 4. The Kier molecular flexibility index (Phi) is 4.75. The lowest BCUT2D eigenvalue weighted by atomic mass is 10.0. The van der Waals surface area contributed by atoms with Crippen LogP contribution in [0.5, 0.6) is 0 Å². The van der Waals surface area contributed by atoms with E-state index in [-0.39, 0.29) is 11.9 Å². The molecule has 0 saturated heterocycles. The van der Waals surface area contributed by atoms with Gasteiger partial charge in [0.25, 0.3) is 0 Å². The molecule has 100 valence electrons. The summed E-state index contributed by atoms with van der Waals surface area (Å²) >= 11 is 12.1. The van der Waals surface area contributed by atoms with E-state index in [9.17, 15) is 4.39 Å². The first-order chi connectivity index (χ1) is 9.10. The number of aromatic nitrogens is 1. The first-order valence-electron chi connectivity index (χ1n) is 5.82. The average Bonchev–Trinajstić information content (AvgIpc) is 2.39. The molecular weight excluding hydrogens is 286 g/mol. The van der Waals surface area contributed by atoms with Gasteiger partial charge in [-0.15, -0.1) is 0 Å². The van der Waals surface area contributed by atoms with E-state index < -0.39 is 0 Å². The van der Waals surface area contributed by atoms with Gasteiger partial charge in [0.2, 0.25) is 0 Å². The van der Waals surface area contributed by atoms with E-state index in [0.717, 1.165) is 11.1 Å². The predicted molar refractivity (Wildman–Crippen MR) is 76.2 cm³/mol. The average molecular weight is 299 g/mol. The van der Waals surface area contributed by atoms with Gasteiger partial charge >= 0.3 is 0 Å². The quantitative estimate of drug-likeness (QED) is 0.922. The number of halogens is 3. The molecule has 1 heterocycles. The van der Waals surface area contributed by atoms with Crippen molar-refractivity contribution in [3.05, 3.63) is 63.6 Å². The number of nitrogens with zero attached hydrogens (tertiary/aromatic N) is 1. The predicted octanol–water partition coefficient (Wildman–Crippen LogP) is 4.03. The summed E-state index contributed by atoms with van der Waals surface area (Å²) < 4.78 is 13.2. The Balaban J connectivity index is 2.26. The molecule has 2 rings (SSSR count). The van der Waals surface area contributed by atoms with E-state index in [2.05, 4.69) is 10.3 Å². The van der Waals surface area contributed by atoms with Gasteiger partial charge in [0.15, 0.2) is 0 Å². The molecule has 2 aromatic rings. The summed E-state index contributed by atoms with van der Waals surface area (Å²) in [7, 11) is 1.81. The third kappa shape index (κ3) is 3.66. The lowest BCUT2D eigenvalue weighted by Crippen LogP contribution is -2.19. The SMILES string of the molecule is CNC(Cc1cc(Cl)ccc1Cl)c1cncc(F)c1. The highest BCUT2D eigenvalue weighted by Crippen LogP contribution is 2.26. The van der Waals surface area contributed by atoms with Crippen LogP contribution in [-0.2, 0) is 6.42 Å². The molecule has 0 fully saturated rings. The second-order valence-corrected chi connectivity index (χ2v) is 5.06. The van der Waals surface area contributed by atoms with Crippen LogP contribution in [0.3, 0.4) is 0 Å². The summed E-state index contributed by atoms with van der Waals surface area (Å²) in [6.45, 7) is 0. The van der Waals surface area contributed by atoms with Gasteiger partial charge in [-0.05, 0) is 48.9 Å². The molecule has 2 nitrogen and oxygen atoms in total. The number of likely N-dealkylation sites (N-methyl/N-ethyl adjacent to an activating group) is 1. The summed E-state index contributed by atoms with van der Waals surface area (Å²) in [5.41, 5.74) is 1.69. The number of pyridine rings is 1. The number of hydrogen-bond acceptors (Lipinski definition) is 2. The standard InChI is InChI=1S/C14H13Cl2FN2/c1-18-14(10-5-12(17)8-19-7-10)6-9-4-11(15)2-3-13(9)16/h2-5,7-8,14,18H,6H2,1H3. The normalized spacial score (nSPS) is 12.4. The van der Waals surface area contributed by atoms with E-state index in [1.54, 1.807) is 18.3 Å². The Bertz CT molecular complexity index is 575. The van der Waals surface area contributed by atoms with E-state index in [1.807, 2.05) is 13.1 Å². The van der Waals surface area contributed by atoms with Crippen LogP contribution >= 0.6 is 23.2 Å². The summed E-state index contributed by atoms with van der Waals surface area (Å²) in [6.07, 6.45) is 3.44. The van der Waals surface area contributed by atoms with Gasteiger partial charge < -0.3 is 5.32 Å². The zero-order valence-electron chi connectivity index (χ0n) is 10.3. The Labute approximate surface area is 121 Å². The molecular formula is C14H13Cl2FN2. The van der Waals surface area contributed by atoms with Gasteiger partial charge in [-0.25, -0.2) is 4.39 Å². The van der Waals surface area contributed by atoms with Gasteiger partial charge in [-0.3, -0.25) is 4.98 Å². The highest BCUT2D eigenvalue weighted by atomic mass is 35.5. The summed E-state index contributed by atoms with van der Waals surface area (Å²) in [5.74, 6) is -0.352. The zero-order valence-corrected chi connectivity index (χ0v) is 11.8. The van der Waals surface area contributed by atoms with Crippen molar-refractivity contribution in [3.63, 3.8) is 0 Å². The Morgan fingerprint density at radius 3 is 2.74 bits per heavy atom. The minimum absolute atomic E-state index is 0.0702. The molecule has 1 aromatic carbocycles. The Morgan fingerprint density at radius 1 is 1.26 bits per heavy atom. The smallest absolute Gasteiger partial charge is 0.141 e. The third-order valence-electron chi connectivity index (χ3n) is 2.91. The van der Waals surface area contributed by atoms with E-state index in [4.69, 9.17) is 23.2 Å². The minimum atomic E-state index is -0.352. The maximum absolute atomic E-state index is 13.2. The summed E-state index contributed by atoms with van der Waals surface area (Å²) in [6, 6.07) is 6.72. The highest BCUT2D eigenvalue weighted by Gasteiger charge is 2.13. The van der Waals surface area contributed by atoms with Gasteiger partial charge in [-0.1, -0.05) is 23.2 Å². The minimum Gasteiger partial charge on any atom is -0.313 e. The molecule has 1 aromatic heterocycles. The maximum Gasteiger partial charge on any atom is 0.141 e. The Morgan fingerprint density at radius 2 is 2.05 bits per heavy atom. The third-order valence-corrected chi connectivity index (χ3v) is 3.51. The van der Waals surface area contributed by atoms with Crippen LogP contribution in [-0.4, -0.2) is 12.0 Å². The zero-order chi connectivity index (χ0) is 13.8. The number of nitrogens with one attached hydrogen (secondary N) is 1. The lowest BCUT2D eigenvalue weighted by Gasteiger charge is -2.17. The molecule has 1 atom stereocenters. The second kappa shape index (κ2) is 6.33. The van der Waals surface area contributed by atoms with Crippen molar-refractivity contribution in [2.45, 2.75) is 12.5 Å². The van der Waals surface area contributed by atoms with Crippen molar-refractivity contribution in [2.75, 3.05) is 7.05 Å². The first-order valence-corrected chi connectivity index (χ1v) is 6.57. The fourth-order valence-electron chi connectivity index (χ4n) is 1.93. The van der Waals surface area contributed by atoms with Crippen LogP contribution < -0.4 is 5.32 Å². The summed E-state index contributed by atoms with van der Waals surface area (Å²) in [5, 5.41) is 4.41. The molecule has 0 spiro atoms. The summed E-state index contributed by atoms with van der Waals surface area (Å²) in [4.78, 5) is 3.86. The van der Waals surface area contributed by atoms with E-state index in [1.165, 1.54) is 12.3 Å². The number of benzene rings is 1. The largest absolute Gasteiger partial charge is 0.313 e. The molecule has 1 N–H and O–H groups in total. The van der Waals surface area contributed by atoms with Gasteiger partial charge in [0, 0.05) is 22.3 Å². The van der Waals surface area contributed by atoms with Gasteiger partial charge in [0.1, 0.15) is 5.82 Å². The van der Waals surface area contributed by atoms with Crippen molar-refractivity contribution in [3.8, 4) is 0 Å². The molecule has 0 aliphatic heterocycles. The molecule has 0 saturated carbocycles. The van der Waals surface area contributed by atoms with Crippen LogP contribution in [0, 0.1) is 5.82 Å². The molecule has 0 amide bonds. The van der Waals surface area contributed by atoms with Crippen molar-refractivity contribution >= 4 is 23.2 Å². The van der Waals surface area contributed by atoms with Crippen molar-refractivity contribution in [1.82, 2.24) is 10.3 Å². The molecule has 0 aliphatic rings. The van der Waals surface area contributed by atoms with Crippen LogP contribution in [0.2, 0.25) is 10.0 Å². The van der Waals surface area contributed by atoms with Crippen molar-refractivity contribution < 1.29 is 4.39 Å². The van der Waals surface area contributed by atoms with Crippen molar-refractivity contribution in [1.29, 1.82) is 0 Å². The fraction of sp³-hybridized carbons (Fsp3) is 0.214. The monoisotopic (exact) mass is 298 g/mol. The van der Waals surface area contributed by atoms with Crippen LogP contribution in [0.1, 0.15) is 17.2 Å².